The van der Waals surface area contributed by atoms with Gasteiger partial charge in [-0.1, -0.05) is 31.5 Å². The van der Waals surface area contributed by atoms with Crippen molar-refractivity contribution in [3.05, 3.63) is 58.1 Å². The zero-order chi connectivity index (χ0) is 19.2. The smallest absolute Gasteiger partial charge is 0.351 e. The Morgan fingerprint density at radius 2 is 2.19 bits per heavy atom. The third kappa shape index (κ3) is 4.72. The van der Waals surface area contributed by atoms with E-state index >= 15 is 0 Å². The Labute approximate surface area is 156 Å². The largest absolute Gasteiger partial charge is 0.457 e. The van der Waals surface area contributed by atoms with Crippen molar-refractivity contribution < 1.29 is 19.0 Å². The SMILES string of the molecule is CCCCc1ccccc1C(=O)OCC1OCC(n2ccc(N)nc2=O)O1. The Bertz CT molecular complexity index is 851. The van der Waals surface area contributed by atoms with Crippen LogP contribution in [0.25, 0.3) is 0 Å². The molecule has 3 rings (SSSR count). The van der Waals surface area contributed by atoms with Gasteiger partial charge in [0.25, 0.3) is 0 Å². The second kappa shape index (κ2) is 8.79. The third-order valence-corrected chi connectivity index (χ3v) is 4.28. The highest BCUT2D eigenvalue weighted by Crippen LogP contribution is 2.20. The van der Waals surface area contributed by atoms with E-state index in [-0.39, 0.29) is 19.0 Å². The molecule has 0 aliphatic carbocycles. The molecular formula is C19H23N3O5. The molecule has 1 aromatic heterocycles. The van der Waals surface area contributed by atoms with Gasteiger partial charge < -0.3 is 19.9 Å². The minimum atomic E-state index is -0.744. The van der Waals surface area contributed by atoms with Crippen molar-refractivity contribution >= 4 is 11.8 Å². The predicted molar refractivity (Wildman–Crippen MR) is 98.1 cm³/mol. The van der Waals surface area contributed by atoms with Crippen molar-refractivity contribution in [2.24, 2.45) is 0 Å². The molecule has 8 nitrogen and oxygen atoms in total. The van der Waals surface area contributed by atoms with Crippen LogP contribution < -0.4 is 11.4 Å². The highest BCUT2D eigenvalue weighted by atomic mass is 16.7. The number of esters is 1. The number of nitrogens with zero attached hydrogens (tertiary/aromatic N) is 2. The highest BCUT2D eigenvalue weighted by Gasteiger charge is 2.29. The molecule has 2 atom stereocenters. The number of anilines is 1. The number of carbonyl (C=O) groups is 1. The number of aromatic nitrogens is 2. The summed E-state index contributed by atoms with van der Waals surface area (Å²) >= 11 is 0. The Hall–Kier alpha value is -2.71. The van der Waals surface area contributed by atoms with Crippen molar-refractivity contribution in [2.75, 3.05) is 18.9 Å². The Balaban J connectivity index is 1.57. The van der Waals surface area contributed by atoms with Gasteiger partial charge in [0.2, 0.25) is 0 Å². The standard InChI is InChI=1S/C19H23N3O5/c1-2-3-6-13-7-4-5-8-14(13)18(23)26-12-17-25-11-16(27-17)22-10-9-15(20)21-19(22)24/h4-5,7-10,16-17H,2-3,6,11-12H2,1H3,(H2,20,21,24). The summed E-state index contributed by atoms with van der Waals surface area (Å²) < 4.78 is 17.7. The van der Waals surface area contributed by atoms with Crippen LogP contribution in [0.1, 0.15) is 41.9 Å². The van der Waals surface area contributed by atoms with Crippen LogP contribution in [0.3, 0.4) is 0 Å². The van der Waals surface area contributed by atoms with E-state index < -0.39 is 24.2 Å². The fraction of sp³-hybridized carbons (Fsp3) is 0.421. The maximum atomic E-state index is 12.4. The maximum absolute atomic E-state index is 12.4. The maximum Gasteiger partial charge on any atom is 0.351 e. The van der Waals surface area contributed by atoms with Crippen LogP contribution in [0.4, 0.5) is 5.82 Å². The Morgan fingerprint density at radius 3 is 2.96 bits per heavy atom. The molecule has 0 spiro atoms. The summed E-state index contributed by atoms with van der Waals surface area (Å²) in [6.45, 7) is 2.20. The van der Waals surface area contributed by atoms with E-state index in [1.807, 2.05) is 18.2 Å². The molecule has 8 heteroatoms. The summed E-state index contributed by atoms with van der Waals surface area (Å²) in [5.41, 5.74) is 6.48. The lowest BCUT2D eigenvalue weighted by atomic mass is 10.0. The topological polar surface area (TPSA) is 106 Å². The molecule has 0 saturated carbocycles. The summed E-state index contributed by atoms with van der Waals surface area (Å²) in [6.07, 6.45) is 3.00. The van der Waals surface area contributed by atoms with Gasteiger partial charge in [-0.3, -0.25) is 4.57 Å². The van der Waals surface area contributed by atoms with Crippen LogP contribution in [0.15, 0.2) is 41.3 Å². The molecule has 1 aliphatic heterocycles. The summed E-state index contributed by atoms with van der Waals surface area (Å²) in [5, 5.41) is 0. The number of ether oxygens (including phenoxy) is 3. The summed E-state index contributed by atoms with van der Waals surface area (Å²) in [5.74, 6) is -0.272. The molecule has 2 unspecified atom stereocenters. The van der Waals surface area contributed by atoms with Crippen molar-refractivity contribution in [1.82, 2.24) is 9.55 Å². The lowest BCUT2D eigenvalue weighted by Crippen LogP contribution is -2.29. The molecule has 1 saturated heterocycles. The average Bonchev–Trinajstić information content (AvgIpc) is 3.13. The van der Waals surface area contributed by atoms with E-state index in [1.165, 1.54) is 16.8 Å². The summed E-state index contributed by atoms with van der Waals surface area (Å²) in [7, 11) is 0. The first-order valence-corrected chi connectivity index (χ1v) is 8.95. The van der Waals surface area contributed by atoms with Gasteiger partial charge >= 0.3 is 11.7 Å². The highest BCUT2D eigenvalue weighted by molar-refractivity contribution is 5.91. The van der Waals surface area contributed by atoms with Crippen molar-refractivity contribution in [1.29, 1.82) is 0 Å². The molecule has 1 aromatic carbocycles. The molecule has 0 bridgehead atoms. The monoisotopic (exact) mass is 373 g/mol. The van der Waals surface area contributed by atoms with Crippen molar-refractivity contribution in [2.45, 2.75) is 38.7 Å². The fourth-order valence-corrected chi connectivity index (χ4v) is 2.85. The quantitative estimate of drug-likeness (QED) is 0.739. The number of nitrogen functional groups attached to an aromatic ring is 1. The lowest BCUT2D eigenvalue weighted by molar-refractivity contribution is -0.103. The van der Waals surface area contributed by atoms with E-state index in [2.05, 4.69) is 11.9 Å². The molecule has 0 amide bonds. The van der Waals surface area contributed by atoms with Gasteiger partial charge in [0.1, 0.15) is 12.4 Å². The van der Waals surface area contributed by atoms with Crippen LogP contribution in [0.5, 0.6) is 0 Å². The van der Waals surface area contributed by atoms with Gasteiger partial charge in [-0.25, -0.2) is 9.59 Å². The average molecular weight is 373 g/mol. The van der Waals surface area contributed by atoms with E-state index in [1.54, 1.807) is 6.07 Å². The van der Waals surface area contributed by atoms with Crippen molar-refractivity contribution in [3.63, 3.8) is 0 Å². The first-order valence-electron chi connectivity index (χ1n) is 8.95. The minimum Gasteiger partial charge on any atom is -0.457 e. The lowest BCUT2D eigenvalue weighted by Gasteiger charge is -2.14. The van der Waals surface area contributed by atoms with Gasteiger partial charge in [-0.2, -0.15) is 4.98 Å². The molecule has 27 heavy (non-hydrogen) atoms. The van der Waals surface area contributed by atoms with Crippen LogP contribution in [0.2, 0.25) is 0 Å². The van der Waals surface area contributed by atoms with Gasteiger partial charge in [-0.15, -0.1) is 0 Å². The third-order valence-electron chi connectivity index (χ3n) is 4.28. The number of rotatable bonds is 7. The number of nitrogens with two attached hydrogens (primary N) is 1. The Morgan fingerprint density at radius 1 is 1.37 bits per heavy atom. The fourth-order valence-electron chi connectivity index (χ4n) is 2.85. The summed E-state index contributed by atoms with van der Waals surface area (Å²) in [4.78, 5) is 27.9. The number of aryl methyl sites for hydroxylation is 1. The molecule has 1 fully saturated rings. The molecule has 144 valence electrons. The van der Waals surface area contributed by atoms with Crippen LogP contribution >= 0.6 is 0 Å². The first-order chi connectivity index (χ1) is 13.1. The summed E-state index contributed by atoms with van der Waals surface area (Å²) in [6, 6.07) is 8.92. The molecule has 2 heterocycles. The molecular weight excluding hydrogens is 350 g/mol. The first kappa shape index (κ1) is 19.1. The number of hydrogen-bond donors (Lipinski definition) is 1. The number of hydrogen-bond acceptors (Lipinski definition) is 7. The van der Waals surface area contributed by atoms with E-state index in [9.17, 15) is 9.59 Å². The normalized spacial score (nSPS) is 19.1. The molecule has 2 aromatic rings. The van der Waals surface area contributed by atoms with Gasteiger partial charge in [-0.05, 0) is 30.5 Å². The van der Waals surface area contributed by atoms with Crippen LogP contribution in [0, 0.1) is 0 Å². The van der Waals surface area contributed by atoms with Gasteiger partial charge in [0.05, 0.1) is 12.2 Å². The molecule has 2 N–H and O–H groups in total. The molecule has 0 radical (unpaired) electrons. The van der Waals surface area contributed by atoms with Crippen molar-refractivity contribution in [3.8, 4) is 0 Å². The zero-order valence-corrected chi connectivity index (χ0v) is 15.2. The number of carbonyl (C=O) groups excluding carboxylic acids is 1. The van der Waals surface area contributed by atoms with Gasteiger partial charge in [0.15, 0.2) is 12.5 Å². The van der Waals surface area contributed by atoms with E-state index in [4.69, 9.17) is 19.9 Å². The number of unbranched alkanes of at least 4 members (excludes halogenated alkanes) is 1. The predicted octanol–water partition coefficient (Wildman–Crippen LogP) is 1.90. The van der Waals surface area contributed by atoms with Crippen LogP contribution in [-0.4, -0.2) is 35.0 Å². The van der Waals surface area contributed by atoms with E-state index in [0.717, 1.165) is 24.8 Å². The number of benzene rings is 1. The second-order valence-corrected chi connectivity index (χ2v) is 6.26. The van der Waals surface area contributed by atoms with E-state index in [0.29, 0.717) is 5.56 Å². The molecule has 1 aliphatic rings. The zero-order valence-electron chi connectivity index (χ0n) is 15.2. The Kier molecular flexibility index (Phi) is 6.20. The second-order valence-electron chi connectivity index (χ2n) is 6.26. The minimum absolute atomic E-state index is 0.0609. The van der Waals surface area contributed by atoms with Crippen LogP contribution in [-0.2, 0) is 20.6 Å². The van der Waals surface area contributed by atoms with Gasteiger partial charge in [0, 0.05) is 6.20 Å².